The molecule has 1 aromatic carbocycles. The van der Waals surface area contributed by atoms with Gasteiger partial charge in [0.25, 0.3) is 5.91 Å². The lowest BCUT2D eigenvalue weighted by Gasteiger charge is -2.17. The molecule has 0 saturated heterocycles. The van der Waals surface area contributed by atoms with Gasteiger partial charge in [0.1, 0.15) is 0 Å². The molecule has 2 heterocycles. The predicted molar refractivity (Wildman–Crippen MR) is 75.7 cm³/mol. The van der Waals surface area contributed by atoms with Gasteiger partial charge in [0.15, 0.2) is 5.76 Å². The molecule has 0 atom stereocenters. The molecule has 2 amide bonds. The summed E-state index contributed by atoms with van der Waals surface area (Å²) in [5, 5.41) is 5.59. The fourth-order valence-corrected chi connectivity index (χ4v) is 2.71. The van der Waals surface area contributed by atoms with E-state index in [2.05, 4.69) is 10.6 Å². The molecule has 6 heteroatoms. The first kappa shape index (κ1) is 12.8. The second kappa shape index (κ2) is 5.42. The number of hydrogen-bond acceptors (Lipinski definition) is 4. The summed E-state index contributed by atoms with van der Waals surface area (Å²) >= 11 is 1.51. The number of thioether (sulfide) groups is 1. The van der Waals surface area contributed by atoms with Gasteiger partial charge in [-0.25, -0.2) is 0 Å². The van der Waals surface area contributed by atoms with E-state index in [4.69, 9.17) is 4.42 Å². The van der Waals surface area contributed by atoms with Crippen LogP contribution in [-0.4, -0.2) is 17.6 Å². The molecule has 20 heavy (non-hydrogen) atoms. The van der Waals surface area contributed by atoms with E-state index in [1.165, 1.54) is 18.0 Å². The van der Waals surface area contributed by atoms with Crippen LogP contribution in [0.4, 0.5) is 5.69 Å². The Morgan fingerprint density at radius 3 is 3.10 bits per heavy atom. The highest BCUT2D eigenvalue weighted by Crippen LogP contribution is 2.31. The summed E-state index contributed by atoms with van der Waals surface area (Å²) in [5.74, 6) is 0.471. The van der Waals surface area contributed by atoms with Crippen molar-refractivity contribution < 1.29 is 14.0 Å². The summed E-state index contributed by atoms with van der Waals surface area (Å²) in [6.45, 7) is 0.382. The van der Waals surface area contributed by atoms with Gasteiger partial charge in [0.2, 0.25) is 5.91 Å². The lowest BCUT2D eigenvalue weighted by Crippen LogP contribution is -2.23. The molecule has 3 rings (SSSR count). The van der Waals surface area contributed by atoms with Gasteiger partial charge in [0.05, 0.1) is 17.7 Å². The summed E-state index contributed by atoms with van der Waals surface area (Å²) in [5.41, 5.74) is 1.72. The Morgan fingerprint density at radius 1 is 1.40 bits per heavy atom. The summed E-state index contributed by atoms with van der Waals surface area (Å²) < 4.78 is 5.02. The smallest absolute Gasteiger partial charge is 0.287 e. The fourth-order valence-electron chi connectivity index (χ4n) is 1.92. The van der Waals surface area contributed by atoms with Crippen LogP contribution in [-0.2, 0) is 11.3 Å². The largest absolute Gasteiger partial charge is 0.459 e. The second-order valence-corrected chi connectivity index (χ2v) is 5.34. The van der Waals surface area contributed by atoms with E-state index in [0.29, 0.717) is 12.3 Å². The number of rotatable bonds is 3. The first-order valence-electron chi connectivity index (χ1n) is 6.09. The summed E-state index contributed by atoms with van der Waals surface area (Å²) in [4.78, 5) is 24.1. The van der Waals surface area contributed by atoms with Crippen LogP contribution in [0.15, 0.2) is 45.9 Å². The van der Waals surface area contributed by atoms with Crippen molar-refractivity contribution in [3.05, 3.63) is 47.9 Å². The van der Waals surface area contributed by atoms with Crippen LogP contribution in [0.25, 0.3) is 0 Å². The normalized spacial score (nSPS) is 13.5. The second-order valence-electron chi connectivity index (χ2n) is 4.33. The van der Waals surface area contributed by atoms with E-state index >= 15 is 0 Å². The van der Waals surface area contributed by atoms with Crippen molar-refractivity contribution in [1.82, 2.24) is 5.32 Å². The first-order valence-corrected chi connectivity index (χ1v) is 7.08. The van der Waals surface area contributed by atoms with E-state index in [9.17, 15) is 9.59 Å². The highest BCUT2D eigenvalue weighted by molar-refractivity contribution is 8.00. The van der Waals surface area contributed by atoms with E-state index in [1.54, 1.807) is 12.1 Å². The average Bonchev–Trinajstić information content (AvgIpc) is 2.98. The Balaban J connectivity index is 1.68. The molecule has 0 aliphatic carbocycles. The Labute approximate surface area is 119 Å². The van der Waals surface area contributed by atoms with Gasteiger partial charge in [-0.05, 0) is 29.8 Å². The zero-order valence-electron chi connectivity index (χ0n) is 10.5. The topological polar surface area (TPSA) is 71.3 Å². The first-order chi connectivity index (χ1) is 9.72. The molecule has 0 radical (unpaired) electrons. The predicted octanol–water partition coefficient (Wildman–Crippen LogP) is 2.25. The van der Waals surface area contributed by atoms with Gasteiger partial charge in [-0.15, -0.1) is 11.8 Å². The number of amides is 2. The number of benzene rings is 1. The molecule has 0 unspecified atom stereocenters. The molecular formula is C14H12N2O3S. The molecule has 2 aromatic rings. The van der Waals surface area contributed by atoms with Crippen molar-refractivity contribution in [1.29, 1.82) is 0 Å². The molecule has 0 fully saturated rings. The summed E-state index contributed by atoms with van der Waals surface area (Å²) in [7, 11) is 0. The lowest BCUT2D eigenvalue weighted by atomic mass is 10.2. The monoisotopic (exact) mass is 288 g/mol. The molecule has 5 nitrogen and oxygen atoms in total. The maximum absolute atomic E-state index is 11.7. The van der Waals surface area contributed by atoms with E-state index < -0.39 is 0 Å². The van der Waals surface area contributed by atoms with Gasteiger partial charge >= 0.3 is 0 Å². The molecule has 102 valence electrons. The average molecular weight is 288 g/mol. The molecule has 0 bridgehead atoms. The van der Waals surface area contributed by atoms with Crippen LogP contribution in [0.5, 0.6) is 0 Å². The highest BCUT2D eigenvalue weighted by Gasteiger charge is 2.15. The third-order valence-corrected chi connectivity index (χ3v) is 3.95. The summed E-state index contributed by atoms with van der Waals surface area (Å²) in [6, 6.07) is 9.04. The third kappa shape index (κ3) is 2.70. The zero-order valence-corrected chi connectivity index (χ0v) is 11.3. The van der Waals surface area contributed by atoms with Crippen LogP contribution in [0.2, 0.25) is 0 Å². The van der Waals surface area contributed by atoms with E-state index in [-0.39, 0.29) is 17.6 Å². The molecule has 1 aromatic heterocycles. The van der Waals surface area contributed by atoms with Crippen molar-refractivity contribution in [3.63, 3.8) is 0 Å². The number of carbonyl (C=O) groups excluding carboxylic acids is 2. The number of anilines is 1. The number of carbonyl (C=O) groups is 2. The molecule has 1 aliphatic rings. The van der Waals surface area contributed by atoms with Gasteiger partial charge in [-0.1, -0.05) is 6.07 Å². The number of hydrogen-bond donors (Lipinski definition) is 2. The minimum absolute atomic E-state index is 0.000675. The Bertz CT molecular complexity index is 652. The van der Waals surface area contributed by atoms with Gasteiger partial charge in [-0.2, -0.15) is 0 Å². The van der Waals surface area contributed by atoms with Gasteiger partial charge in [-0.3, -0.25) is 9.59 Å². The van der Waals surface area contributed by atoms with Crippen LogP contribution < -0.4 is 10.6 Å². The molecule has 2 N–H and O–H groups in total. The van der Waals surface area contributed by atoms with E-state index in [0.717, 1.165) is 16.1 Å². The minimum Gasteiger partial charge on any atom is -0.459 e. The maximum Gasteiger partial charge on any atom is 0.287 e. The van der Waals surface area contributed by atoms with Crippen molar-refractivity contribution in [2.24, 2.45) is 0 Å². The van der Waals surface area contributed by atoms with Crippen molar-refractivity contribution >= 4 is 29.3 Å². The van der Waals surface area contributed by atoms with Crippen molar-refractivity contribution in [2.75, 3.05) is 11.1 Å². The van der Waals surface area contributed by atoms with Crippen LogP contribution in [0, 0.1) is 0 Å². The molecule has 0 spiro atoms. The number of nitrogens with one attached hydrogen (secondary N) is 2. The maximum atomic E-state index is 11.7. The standard InChI is InChI=1S/C14H12N2O3S/c17-13-8-20-12-4-3-9(6-10(12)16-13)7-15-14(18)11-2-1-5-19-11/h1-6H,7-8H2,(H,15,18)(H,16,17). The molecular weight excluding hydrogens is 276 g/mol. The quantitative estimate of drug-likeness (QED) is 0.908. The van der Waals surface area contributed by atoms with Crippen LogP contribution >= 0.6 is 11.8 Å². The van der Waals surface area contributed by atoms with Gasteiger partial charge in [0, 0.05) is 11.4 Å². The minimum atomic E-state index is -0.258. The van der Waals surface area contributed by atoms with Crippen LogP contribution in [0.3, 0.4) is 0 Å². The third-order valence-electron chi connectivity index (χ3n) is 2.87. The lowest BCUT2D eigenvalue weighted by molar-refractivity contribution is -0.113. The fraction of sp³-hybridized carbons (Fsp3) is 0.143. The Hall–Kier alpha value is -2.21. The zero-order chi connectivity index (χ0) is 13.9. The Kier molecular flexibility index (Phi) is 3.47. The molecule has 0 saturated carbocycles. The number of fused-ring (bicyclic) bond motifs is 1. The van der Waals surface area contributed by atoms with Crippen LogP contribution in [0.1, 0.15) is 16.1 Å². The van der Waals surface area contributed by atoms with Gasteiger partial charge < -0.3 is 15.1 Å². The van der Waals surface area contributed by atoms with Crippen molar-refractivity contribution in [2.45, 2.75) is 11.4 Å². The summed E-state index contributed by atoms with van der Waals surface area (Å²) in [6.07, 6.45) is 1.46. The molecule has 1 aliphatic heterocycles. The van der Waals surface area contributed by atoms with Crippen molar-refractivity contribution in [3.8, 4) is 0 Å². The SMILES string of the molecule is O=C1CSc2ccc(CNC(=O)c3ccco3)cc2N1. The van der Waals surface area contributed by atoms with E-state index in [1.807, 2.05) is 18.2 Å². The highest BCUT2D eigenvalue weighted by atomic mass is 32.2. The number of furan rings is 1. The Morgan fingerprint density at radius 2 is 2.30 bits per heavy atom.